The van der Waals surface area contributed by atoms with Gasteiger partial charge in [-0.25, -0.2) is 30.7 Å². The second kappa shape index (κ2) is 8.67. The minimum absolute atomic E-state index is 0.0609. The van der Waals surface area contributed by atoms with E-state index in [9.17, 15) is 21.6 Å². The summed E-state index contributed by atoms with van der Waals surface area (Å²) in [4.78, 5) is 0. The van der Waals surface area contributed by atoms with Gasteiger partial charge in [-0.05, 0) is 60.8 Å². The quantitative estimate of drug-likeness (QED) is 0.531. The third kappa shape index (κ3) is 4.70. The van der Waals surface area contributed by atoms with Crippen LogP contribution in [0.2, 0.25) is 0 Å². The minimum atomic E-state index is -4.08. The smallest absolute Gasteiger partial charge is 0.232 e. The second-order valence-corrected chi connectivity index (χ2v) is 9.80. The molecule has 3 nitrogen and oxygen atoms in total. The number of benzene rings is 2. The fourth-order valence-electron chi connectivity index (χ4n) is 4.23. The highest BCUT2D eigenvalue weighted by atomic mass is 32.2. The maximum absolute atomic E-state index is 15.2. The van der Waals surface area contributed by atoms with Crippen molar-refractivity contribution in [2.75, 3.05) is 6.01 Å². The molecule has 2 atom stereocenters. The second-order valence-electron chi connectivity index (χ2n) is 8.12. The van der Waals surface area contributed by atoms with E-state index in [1.54, 1.807) is 19.1 Å². The largest absolute Gasteiger partial charge is 0.241 e. The molecular weight excluding hydrogens is 418 g/mol. The van der Waals surface area contributed by atoms with Crippen LogP contribution in [0.5, 0.6) is 0 Å². The van der Waals surface area contributed by atoms with Crippen molar-refractivity contribution in [3.63, 3.8) is 0 Å². The van der Waals surface area contributed by atoms with E-state index in [0.29, 0.717) is 6.42 Å². The molecule has 0 bridgehead atoms. The molecule has 1 saturated carbocycles. The van der Waals surface area contributed by atoms with Gasteiger partial charge in [-0.3, -0.25) is 0 Å². The maximum atomic E-state index is 15.2. The van der Waals surface area contributed by atoms with Crippen LogP contribution in [0.1, 0.15) is 38.7 Å². The van der Waals surface area contributed by atoms with Crippen LogP contribution < -0.4 is 4.72 Å². The summed E-state index contributed by atoms with van der Waals surface area (Å²) in [5.41, 5.74) is -0.247. The Kier molecular flexibility index (Phi) is 6.57. The van der Waals surface area contributed by atoms with Gasteiger partial charge in [0.05, 0.1) is 0 Å². The van der Waals surface area contributed by atoms with Gasteiger partial charge in [-0.2, -0.15) is 0 Å². The standard InChI is InChI=1S/C22H25F4NO2S/c1-3-22(9-10-22)21(27-30(28,29)13-23)14(2)11-15-5-4-6-17(20(15)26)18-12-16(24)7-8-19(18)25/h4-8,12,14,21,27H,3,9-11,13H2,1-2H3. The summed E-state index contributed by atoms with van der Waals surface area (Å²) in [5.74, 6) is -2.43. The lowest BCUT2D eigenvalue weighted by Crippen LogP contribution is -2.46. The lowest BCUT2D eigenvalue weighted by molar-refractivity contribution is 0.269. The molecule has 0 amide bonds. The zero-order valence-electron chi connectivity index (χ0n) is 16.9. The molecule has 1 fully saturated rings. The van der Waals surface area contributed by atoms with E-state index < -0.39 is 39.5 Å². The van der Waals surface area contributed by atoms with Gasteiger partial charge >= 0.3 is 0 Å². The van der Waals surface area contributed by atoms with E-state index in [1.807, 2.05) is 6.92 Å². The average Bonchev–Trinajstić information content (AvgIpc) is 3.51. The van der Waals surface area contributed by atoms with Gasteiger partial charge in [0.1, 0.15) is 17.5 Å². The van der Waals surface area contributed by atoms with Crippen LogP contribution in [0.25, 0.3) is 11.1 Å². The van der Waals surface area contributed by atoms with Crippen LogP contribution in [0.15, 0.2) is 36.4 Å². The molecule has 2 aromatic rings. The van der Waals surface area contributed by atoms with E-state index in [0.717, 1.165) is 31.0 Å². The summed E-state index contributed by atoms with van der Waals surface area (Å²) in [7, 11) is -4.08. The molecule has 1 aliphatic carbocycles. The first kappa shape index (κ1) is 22.7. The molecule has 0 saturated heterocycles. The van der Waals surface area contributed by atoms with Gasteiger partial charge in [-0.1, -0.05) is 32.0 Å². The van der Waals surface area contributed by atoms with E-state index in [4.69, 9.17) is 0 Å². The van der Waals surface area contributed by atoms with Gasteiger partial charge in [0, 0.05) is 17.2 Å². The Hall–Kier alpha value is -1.93. The van der Waals surface area contributed by atoms with Gasteiger partial charge in [0.2, 0.25) is 16.0 Å². The summed E-state index contributed by atoms with van der Waals surface area (Å²) < 4.78 is 82.1. The van der Waals surface area contributed by atoms with Crippen molar-refractivity contribution >= 4 is 10.0 Å². The van der Waals surface area contributed by atoms with E-state index in [-0.39, 0.29) is 34.4 Å². The molecule has 1 aliphatic rings. The number of sulfonamides is 1. The lowest BCUT2D eigenvalue weighted by Gasteiger charge is -2.32. The first-order valence-electron chi connectivity index (χ1n) is 9.91. The first-order valence-corrected chi connectivity index (χ1v) is 11.6. The monoisotopic (exact) mass is 443 g/mol. The molecule has 8 heteroatoms. The Bertz CT molecular complexity index is 1020. The summed E-state index contributed by atoms with van der Waals surface area (Å²) in [6.45, 7) is 3.74. The number of rotatable bonds is 9. The van der Waals surface area contributed by atoms with Crippen molar-refractivity contribution in [1.82, 2.24) is 4.72 Å². The Morgan fingerprint density at radius 1 is 1.10 bits per heavy atom. The van der Waals surface area contributed by atoms with Gasteiger partial charge in [-0.15, -0.1) is 0 Å². The zero-order valence-corrected chi connectivity index (χ0v) is 17.7. The third-order valence-corrected chi connectivity index (χ3v) is 7.01. The lowest BCUT2D eigenvalue weighted by atomic mass is 9.82. The molecule has 164 valence electrons. The van der Waals surface area contributed by atoms with Crippen molar-refractivity contribution in [2.24, 2.45) is 11.3 Å². The van der Waals surface area contributed by atoms with Crippen LogP contribution in [0.4, 0.5) is 17.6 Å². The Balaban J connectivity index is 1.92. The number of halogens is 4. The summed E-state index contributed by atoms with van der Waals surface area (Å²) in [6, 6.07) is 5.25. The number of hydrogen-bond donors (Lipinski definition) is 1. The molecule has 0 heterocycles. The summed E-state index contributed by atoms with van der Waals surface area (Å²) >= 11 is 0. The molecule has 2 aromatic carbocycles. The third-order valence-electron chi connectivity index (χ3n) is 6.11. The van der Waals surface area contributed by atoms with Gasteiger partial charge in [0.25, 0.3) is 0 Å². The Morgan fingerprint density at radius 2 is 1.80 bits per heavy atom. The molecule has 0 radical (unpaired) electrons. The molecule has 0 aliphatic heterocycles. The van der Waals surface area contributed by atoms with E-state index in [1.165, 1.54) is 6.07 Å². The molecule has 3 rings (SSSR count). The van der Waals surface area contributed by atoms with Crippen LogP contribution in [0, 0.1) is 28.8 Å². The highest BCUT2D eigenvalue weighted by Gasteiger charge is 2.50. The Labute approximate surface area is 174 Å². The SMILES string of the molecule is CCC1(C(NS(=O)(=O)CF)C(C)Cc2cccc(-c3cc(F)ccc3F)c2F)CC1. The fourth-order valence-corrected chi connectivity index (χ4v) is 5.16. The fraction of sp³-hybridized carbons (Fsp3) is 0.455. The van der Waals surface area contributed by atoms with Crippen LogP contribution in [-0.2, 0) is 16.4 Å². The van der Waals surface area contributed by atoms with Crippen molar-refractivity contribution < 1.29 is 26.0 Å². The number of hydrogen-bond acceptors (Lipinski definition) is 2. The van der Waals surface area contributed by atoms with Crippen LogP contribution >= 0.6 is 0 Å². The molecule has 0 aromatic heterocycles. The van der Waals surface area contributed by atoms with Gasteiger partial charge < -0.3 is 0 Å². The maximum Gasteiger partial charge on any atom is 0.241 e. The van der Waals surface area contributed by atoms with Crippen molar-refractivity contribution in [3.8, 4) is 11.1 Å². The molecular formula is C22H25F4NO2S. The van der Waals surface area contributed by atoms with Gasteiger partial charge in [0.15, 0.2) is 0 Å². The number of nitrogens with one attached hydrogen (secondary N) is 1. The number of alkyl halides is 1. The highest BCUT2D eigenvalue weighted by Crippen LogP contribution is 2.54. The summed E-state index contributed by atoms with van der Waals surface area (Å²) in [5, 5.41) is 0. The topological polar surface area (TPSA) is 46.2 Å². The molecule has 0 spiro atoms. The normalized spacial score (nSPS) is 17.5. The summed E-state index contributed by atoms with van der Waals surface area (Å²) in [6.07, 6.45) is 2.50. The minimum Gasteiger partial charge on any atom is -0.232 e. The predicted molar refractivity (Wildman–Crippen MR) is 108 cm³/mol. The van der Waals surface area contributed by atoms with E-state index >= 15 is 4.39 Å². The first-order chi connectivity index (χ1) is 14.1. The van der Waals surface area contributed by atoms with E-state index in [2.05, 4.69) is 4.72 Å². The van der Waals surface area contributed by atoms with Crippen LogP contribution in [-0.4, -0.2) is 20.5 Å². The molecule has 30 heavy (non-hydrogen) atoms. The predicted octanol–water partition coefficient (Wildman–Crippen LogP) is 5.35. The van der Waals surface area contributed by atoms with Crippen molar-refractivity contribution in [1.29, 1.82) is 0 Å². The molecule has 1 N–H and O–H groups in total. The molecule has 2 unspecified atom stereocenters. The highest BCUT2D eigenvalue weighted by molar-refractivity contribution is 7.89. The zero-order chi connectivity index (χ0) is 22.1. The average molecular weight is 444 g/mol. The Morgan fingerprint density at radius 3 is 2.40 bits per heavy atom. The van der Waals surface area contributed by atoms with Crippen LogP contribution in [0.3, 0.4) is 0 Å². The van der Waals surface area contributed by atoms with Crippen molar-refractivity contribution in [3.05, 3.63) is 59.4 Å². The van der Waals surface area contributed by atoms with Crippen molar-refractivity contribution in [2.45, 2.75) is 45.6 Å².